The van der Waals surface area contributed by atoms with Crippen molar-refractivity contribution in [3.8, 4) is 0 Å². The van der Waals surface area contributed by atoms with Crippen LogP contribution in [0.4, 0.5) is 5.82 Å². The third kappa shape index (κ3) is 1.59. The Balaban J connectivity index is 2.88. The Morgan fingerprint density at radius 1 is 1.07 bits per heavy atom. The second kappa shape index (κ2) is 3.45. The lowest BCUT2D eigenvalue weighted by Gasteiger charge is -2.13. The monoisotopic (exact) mass is 221 g/mol. The Bertz CT molecular complexity index is 514. The Morgan fingerprint density at radius 2 is 1.73 bits per heavy atom. The predicted molar refractivity (Wildman–Crippen MR) is 66.0 cm³/mol. The maximum Gasteiger partial charge on any atom is 0.140 e. The van der Waals surface area contributed by atoms with E-state index in [9.17, 15) is 0 Å². The van der Waals surface area contributed by atoms with Gasteiger partial charge in [-0.15, -0.1) is 11.3 Å². The van der Waals surface area contributed by atoms with Gasteiger partial charge in [-0.25, -0.2) is 9.97 Å². The van der Waals surface area contributed by atoms with Crippen molar-refractivity contribution in [2.45, 2.75) is 20.8 Å². The molecule has 0 aromatic carbocycles. The van der Waals surface area contributed by atoms with Crippen LogP contribution in [0.2, 0.25) is 0 Å². The molecule has 3 nitrogen and oxygen atoms in total. The van der Waals surface area contributed by atoms with E-state index in [1.54, 1.807) is 11.3 Å². The van der Waals surface area contributed by atoms with Crippen LogP contribution >= 0.6 is 11.3 Å². The van der Waals surface area contributed by atoms with Crippen LogP contribution in [0, 0.1) is 20.8 Å². The molecule has 0 aliphatic heterocycles. The Labute approximate surface area is 93.8 Å². The molecule has 2 heterocycles. The standard InChI is InChI=1S/C11H15N3S/c1-6-7(2)15-11-9(6)10(14(4)5)12-8(3)13-11/h1-5H3. The quantitative estimate of drug-likeness (QED) is 0.741. The van der Waals surface area contributed by atoms with Crippen molar-refractivity contribution in [1.29, 1.82) is 0 Å². The predicted octanol–water partition coefficient (Wildman–Crippen LogP) is 2.68. The van der Waals surface area contributed by atoms with Crippen molar-refractivity contribution in [1.82, 2.24) is 9.97 Å². The lowest BCUT2D eigenvalue weighted by Crippen LogP contribution is -2.12. The molecule has 0 amide bonds. The van der Waals surface area contributed by atoms with Gasteiger partial charge in [0.25, 0.3) is 0 Å². The highest BCUT2D eigenvalue weighted by molar-refractivity contribution is 7.18. The number of nitrogens with zero attached hydrogens (tertiary/aromatic N) is 3. The average molecular weight is 221 g/mol. The van der Waals surface area contributed by atoms with E-state index in [-0.39, 0.29) is 0 Å². The fraction of sp³-hybridized carbons (Fsp3) is 0.455. The van der Waals surface area contributed by atoms with E-state index >= 15 is 0 Å². The van der Waals surface area contributed by atoms with Gasteiger partial charge in [-0.05, 0) is 26.3 Å². The largest absolute Gasteiger partial charge is 0.362 e. The van der Waals surface area contributed by atoms with Crippen molar-refractivity contribution in [3.05, 3.63) is 16.3 Å². The summed E-state index contributed by atoms with van der Waals surface area (Å²) in [5.41, 5.74) is 1.30. The minimum atomic E-state index is 0.840. The molecule has 80 valence electrons. The van der Waals surface area contributed by atoms with Crippen LogP contribution in [-0.2, 0) is 0 Å². The summed E-state index contributed by atoms with van der Waals surface area (Å²) < 4.78 is 0. The molecule has 0 atom stereocenters. The lowest BCUT2D eigenvalue weighted by molar-refractivity contribution is 1.02. The summed E-state index contributed by atoms with van der Waals surface area (Å²) in [6, 6.07) is 0. The molecule has 2 rings (SSSR count). The van der Waals surface area contributed by atoms with E-state index < -0.39 is 0 Å². The molecule has 0 bridgehead atoms. The number of thiophene rings is 1. The van der Waals surface area contributed by atoms with Crippen LogP contribution in [0.3, 0.4) is 0 Å². The molecule has 0 radical (unpaired) electrons. The molecule has 0 saturated carbocycles. The lowest BCUT2D eigenvalue weighted by atomic mass is 10.2. The zero-order valence-corrected chi connectivity index (χ0v) is 10.6. The Morgan fingerprint density at radius 3 is 2.33 bits per heavy atom. The molecule has 0 aliphatic carbocycles. The number of aromatic nitrogens is 2. The minimum Gasteiger partial charge on any atom is -0.362 e. The van der Waals surface area contributed by atoms with E-state index in [1.165, 1.54) is 15.8 Å². The van der Waals surface area contributed by atoms with Gasteiger partial charge in [0.2, 0.25) is 0 Å². The smallest absolute Gasteiger partial charge is 0.140 e. The van der Waals surface area contributed by atoms with E-state index in [2.05, 4.69) is 28.7 Å². The number of hydrogen-bond donors (Lipinski definition) is 0. The normalized spacial score (nSPS) is 11.0. The summed E-state index contributed by atoms with van der Waals surface area (Å²) in [6.07, 6.45) is 0. The molecule has 0 unspecified atom stereocenters. The first-order valence-electron chi connectivity index (χ1n) is 4.92. The van der Waals surface area contributed by atoms with E-state index in [1.807, 2.05) is 21.0 Å². The number of aryl methyl sites for hydroxylation is 3. The Kier molecular flexibility index (Phi) is 2.38. The van der Waals surface area contributed by atoms with Gasteiger partial charge in [0.15, 0.2) is 0 Å². The van der Waals surface area contributed by atoms with Gasteiger partial charge in [-0.1, -0.05) is 0 Å². The molecule has 0 N–H and O–H groups in total. The van der Waals surface area contributed by atoms with Crippen molar-refractivity contribution in [2.24, 2.45) is 0 Å². The number of rotatable bonds is 1. The number of hydrogen-bond acceptors (Lipinski definition) is 4. The topological polar surface area (TPSA) is 29.0 Å². The summed E-state index contributed by atoms with van der Waals surface area (Å²) in [6.45, 7) is 6.22. The third-order valence-corrected chi connectivity index (χ3v) is 3.65. The van der Waals surface area contributed by atoms with Gasteiger partial charge in [0.05, 0.1) is 5.39 Å². The summed E-state index contributed by atoms with van der Waals surface area (Å²) in [5, 5.41) is 1.20. The van der Waals surface area contributed by atoms with Gasteiger partial charge in [0, 0.05) is 19.0 Å². The van der Waals surface area contributed by atoms with Crippen LogP contribution in [0.1, 0.15) is 16.3 Å². The molecule has 4 heteroatoms. The van der Waals surface area contributed by atoms with Crippen LogP contribution in [0.5, 0.6) is 0 Å². The van der Waals surface area contributed by atoms with Crippen molar-refractivity contribution < 1.29 is 0 Å². The second-order valence-electron chi connectivity index (χ2n) is 3.95. The fourth-order valence-electron chi connectivity index (χ4n) is 1.66. The van der Waals surface area contributed by atoms with Crippen LogP contribution < -0.4 is 4.90 Å². The summed E-state index contributed by atoms with van der Waals surface area (Å²) in [4.78, 5) is 13.5. The summed E-state index contributed by atoms with van der Waals surface area (Å²) >= 11 is 1.75. The first-order valence-corrected chi connectivity index (χ1v) is 5.74. The van der Waals surface area contributed by atoms with Crippen LogP contribution in [0.25, 0.3) is 10.2 Å². The molecule has 0 fully saturated rings. The van der Waals surface area contributed by atoms with Crippen LogP contribution in [0.15, 0.2) is 0 Å². The fourth-order valence-corrected chi connectivity index (χ4v) is 2.73. The van der Waals surface area contributed by atoms with Gasteiger partial charge in [-0.3, -0.25) is 0 Å². The first kappa shape index (κ1) is 10.4. The molecular weight excluding hydrogens is 206 g/mol. The first-order chi connectivity index (χ1) is 7.00. The molecule has 0 saturated heterocycles. The minimum absolute atomic E-state index is 0.840. The van der Waals surface area contributed by atoms with Crippen molar-refractivity contribution in [2.75, 3.05) is 19.0 Å². The summed E-state index contributed by atoms with van der Waals surface area (Å²) in [7, 11) is 4.04. The maximum absolute atomic E-state index is 4.50. The zero-order chi connectivity index (χ0) is 11.2. The third-order valence-electron chi connectivity index (χ3n) is 2.54. The SMILES string of the molecule is Cc1nc(N(C)C)c2c(C)c(C)sc2n1. The highest BCUT2D eigenvalue weighted by Gasteiger charge is 2.14. The van der Waals surface area contributed by atoms with Gasteiger partial charge >= 0.3 is 0 Å². The molecule has 0 spiro atoms. The van der Waals surface area contributed by atoms with Gasteiger partial charge in [0.1, 0.15) is 16.5 Å². The zero-order valence-electron chi connectivity index (χ0n) is 9.75. The molecule has 2 aromatic rings. The average Bonchev–Trinajstić information content (AvgIpc) is 2.41. The molecular formula is C11H15N3S. The molecule has 2 aromatic heterocycles. The second-order valence-corrected chi connectivity index (χ2v) is 5.16. The highest BCUT2D eigenvalue weighted by Crippen LogP contribution is 2.33. The van der Waals surface area contributed by atoms with Crippen LogP contribution in [-0.4, -0.2) is 24.1 Å². The highest BCUT2D eigenvalue weighted by atomic mass is 32.1. The van der Waals surface area contributed by atoms with E-state index in [0.717, 1.165) is 16.5 Å². The Hall–Kier alpha value is -1.16. The van der Waals surface area contributed by atoms with Gasteiger partial charge < -0.3 is 4.90 Å². The van der Waals surface area contributed by atoms with Crippen molar-refractivity contribution >= 4 is 27.4 Å². The number of anilines is 1. The van der Waals surface area contributed by atoms with E-state index in [0.29, 0.717) is 0 Å². The van der Waals surface area contributed by atoms with Gasteiger partial charge in [-0.2, -0.15) is 0 Å². The molecule has 15 heavy (non-hydrogen) atoms. The maximum atomic E-state index is 4.50. The molecule has 0 aliphatic rings. The van der Waals surface area contributed by atoms with Crippen molar-refractivity contribution in [3.63, 3.8) is 0 Å². The summed E-state index contributed by atoms with van der Waals surface area (Å²) in [5.74, 6) is 1.87. The number of fused-ring (bicyclic) bond motifs is 1. The van der Waals surface area contributed by atoms with E-state index in [4.69, 9.17) is 0 Å².